The van der Waals surface area contributed by atoms with Crippen molar-refractivity contribution in [1.29, 1.82) is 0 Å². The number of nitrogens with zero attached hydrogens (tertiary/aromatic N) is 1. The van der Waals surface area contributed by atoms with E-state index < -0.39 is 0 Å². The number of carbonyl (C=O) groups excluding carboxylic acids is 1. The third-order valence-corrected chi connectivity index (χ3v) is 5.09. The molecule has 82 valence electrons. The number of rotatable bonds is 1. The van der Waals surface area contributed by atoms with Crippen LogP contribution in [0.1, 0.15) is 23.5 Å². The highest BCUT2D eigenvalue weighted by Gasteiger charge is 2.20. The number of hydrogen-bond donors (Lipinski definition) is 0. The van der Waals surface area contributed by atoms with E-state index in [9.17, 15) is 4.79 Å². The third-order valence-electron chi connectivity index (χ3n) is 2.65. The minimum Gasteiger partial charge on any atom is -0.342 e. The van der Waals surface area contributed by atoms with Crippen LogP contribution in [0.5, 0.6) is 0 Å². The largest absolute Gasteiger partial charge is 0.342 e. The first-order valence-electron chi connectivity index (χ1n) is 5.18. The van der Waals surface area contributed by atoms with Crippen LogP contribution in [0.3, 0.4) is 0 Å². The van der Waals surface area contributed by atoms with Gasteiger partial charge in [-0.1, -0.05) is 6.07 Å². The highest BCUT2D eigenvalue weighted by molar-refractivity contribution is 7.99. The summed E-state index contributed by atoms with van der Waals surface area (Å²) in [5.74, 6) is 1.27. The first-order chi connectivity index (χ1) is 7.27. The molecule has 0 aliphatic carbocycles. The van der Waals surface area contributed by atoms with Crippen LogP contribution in [0.25, 0.3) is 0 Å². The zero-order valence-electron chi connectivity index (χ0n) is 8.81. The molecule has 1 amide bonds. The SMILES string of the molecule is CC(=O)N1CCSC(c2cccs2)CC1. The normalized spacial score (nSPS) is 22.5. The topological polar surface area (TPSA) is 20.3 Å². The van der Waals surface area contributed by atoms with Crippen LogP contribution in [0, 0.1) is 0 Å². The van der Waals surface area contributed by atoms with Gasteiger partial charge in [0.2, 0.25) is 5.91 Å². The van der Waals surface area contributed by atoms with Crippen molar-refractivity contribution in [2.45, 2.75) is 18.6 Å². The number of hydrogen-bond acceptors (Lipinski definition) is 3. The molecule has 0 spiro atoms. The Balaban J connectivity index is 1.98. The Kier molecular flexibility index (Phi) is 3.70. The molecule has 1 saturated heterocycles. The highest BCUT2D eigenvalue weighted by Crippen LogP contribution is 2.36. The van der Waals surface area contributed by atoms with E-state index in [1.54, 1.807) is 6.92 Å². The van der Waals surface area contributed by atoms with Gasteiger partial charge < -0.3 is 4.90 Å². The average molecular weight is 241 g/mol. The Labute approximate surface area is 98.7 Å². The van der Waals surface area contributed by atoms with Crippen LogP contribution in [-0.4, -0.2) is 29.6 Å². The summed E-state index contributed by atoms with van der Waals surface area (Å²) in [6, 6.07) is 4.31. The molecule has 2 rings (SSSR count). The Morgan fingerprint density at radius 2 is 2.40 bits per heavy atom. The van der Waals surface area contributed by atoms with E-state index in [4.69, 9.17) is 0 Å². The van der Waals surface area contributed by atoms with Gasteiger partial charge in [-0.15, -0.1) is 11.3 Å². The van der Waals surface area contributed by atoms with E-state index in [0.29, 0.717) is 5.25 Å². The molecule has 1 aromatic rings. The molecule has 0 aromatic carbocycles. The Morgan fingerprint density at radius 3 is 3.07 bits per heavy atom. The lowest BCUT2D eigenvalue weighted by atomic mass is 10.2. The van der Waals surface area contributed by atoms with Gasteiger partial charge >= 0.3 is 0 Å². The number of thioether (sulfide) groups is 1. The Morgan fingerprint density at radius 1 is 1.53 bits per heavy atom. The predicted octanol–water partition coefficient (Wildman–Crippen LogP) is 2.77. The molecule has 0 N–H and O–H groups in total. The monoisotopic (exact) mass is 241 g/mol. The molecule has 2 heterocycles. The summed E-state index contributed by atoms with van der Waals surface area (Å²) < 4.78 is 0. The fourth-order valence-corrected chi connectivity index (χ4v) is 4.02. The molecule has 15 heavy (non-hydrogen) atoms. The molecule has 0 radical (unpaired) electrons. The minimum atomic E-state index is 0.211. The third kappa shape index (κ3) is 2.75. The molecule has 1 aliphatic heterocycles. The van der Waals surface area contributed by atoms with Crippen LogP contribution in [0.2, 0.25) is 0 Å². The standard InChI is InChI=1S/C11H15NOS2/c1-9(13)12-5-4-11(15-8-6-12)10-3-2-7-14-10/h2-3,7,11H,4-6,8H2,1H3. The van der Waals surface area contributed by atoms with Crippen molar-refractivity contribution in [3.63, 3.8) is 0 Å². The van der Waals surface area contributed by atoms with Crippen molar-refractivity contribution in [1.82, 2.24) is 4.90 Å². The van der Waals surface area contributed by atoms with E-state index in [1.807, 2.05) is 28.0 Å². The van der Waals surface area contributed by atoms with Gasteiger partial charge in [0.15, 0.2) is 0 Å². The van der Waals surface area contributed by atoms with E-state index in [-0.39, 0.29) is 5.91 Å². The van der Waals surface area contributed by atoms with Gasteiger partial charge in [0.1, 0.15) is 0 Å². The van der Waals surface area contributed by atoms with Crippen molar-refractivity contribution in [3.05, 3.63) is 22.4 Å². The van der Waals surface area contributed by atoms with Gasteiger partial charge in [-0.05, 0) is 17.9 Å². The summed E-state index contributed by atoms with van der Waals surface area (Å²) in [6.07, 6.45) is 1.09. The van der Waals surface area contributed by atoms with Crippen molar-refractivity contribution >= 4 is 29.0 Å². The molecule has 1 fully saturated rings. The van der Waals surface area contributed by atoms with E-state index in [1.165, 1.54) is 4.88 Å². The van der Waals surface area contributed by atoms with Crippen LogP contribution in [0.15, 0.2) is 17.5 Å². The summed E-state index contributed by atoms with van der Waals surface area (Å²) in [7, 11) is 0. The van der Waals surface area contributed by atoms with Crippen LogP contribution in [0.4, 0.5) is 0 Å². The summed E-state index contributed by atoms with van der Waals surface area (Å²) >= 11 is 3.80. The molecule has 1 aliphatic rings. The van der Waals surface area contributed by atoms with E-state index in [2.05, 4.69) is 17.5 Å². The van der Waals surface area contributed by atoms with Gasteiger partial charge in [-0.25, -0.2) is 0 Å². The maximum atomic E-state index is 11.3. The quantitative estimate of drug-likeness (QED) is 0.753. The molecule has 1 atom stereocenters. The second kappa shape index (κ2) is 5.03. The van der Waals surface area contributed by atoms with Crippen molar-refractivity contribution in [3.8, 4) is 0 Å². The first-order valence-corrected chi connectivity index (χ1v) is 7.11. The van der Waals surface area contributed by atoms with Crippen LogP contribution < -0.4 is 0 Å². The highest BCUT2D eigenvalue weighted by atomic mass is 32.2. The van der Waals surface area contributed by atoms with Crippen LogP contribution in [-0.2, 0) is 4.79 Å². The summed E-state index contributed by atoms with van der Waals surface area (Å²) in [5, 5.41) is 2.72. The molecular formula is C11H15NOS2. The van der Waals surface area contributed by atoms with E-state index in [0.717, 1.165) is 25.3 Å². The summed E-state index contributed by atoms with van der Waals surface area (Å²) in [5.41, 5.74) is 0. The fraction of sp³-hybridized carbons (Fsp3) is 0.545. The Hall–Kier alpha value is -0.480. The number of carbonyl (C=O) groups is 1. The lowest BCUT2D eigenvalue weighted by Gasteiger charge is -2.17. The van der Waals surface area contributed by atoms with Crippen molar-refractivity contribution in [2.24, 2.45) is 0 Å². The molecule has 4 heteroatoms. The molecule has 0 bridgehead atoms. The lowest BCUT2D eigenvalue weighted by molar-refractivity contribution is -0.128. The first kappa shape index (κ1) is 11.0. The van der Waals surface area contributed by atoms with Gasteiger partial charge in [0.25, 0.3) is 0 Å². The molecule has 1 unspecified atom stereocenters. The van der Waals surface area contributed by atoms with Gasteiger partial charge in [-0.3, -0.25) is 4.79 Å². The zero-order chi connectivity index (χ0) is 10.7. The van der Waals surface area contributed by atoms with E-state index >= 15 is 0 Å². The minimum absolute atomic E-state index is 0.211. The fourth-order valence-electron chi connectivity index (χ4n) is 1.79. The maximum absolute atomic E-state index is 11.3. The number of thiophene rings is 1. The Bertz CT molecular complexity index is 323. The molecule has 0 saturated carbocycles. The van der Waals surface area contributed by atoms with Crippen LogP contribution >= 0.6 is 23.1 Å². The van der Waals surface area contributed by atoms with Gasteiger partial charge in [-0.2, -0.15) is 11.8 Å². The lowest BCUT2D eigenvalue weighted by Crippen LogP contribution is -2.30. The van der Waals surface area contributed by atoms with Crippen molar-refractivity contribution < 1.29 is 4.79 Å². The van der Waals surface area contributed by atoms with Gasteiger partial charge in [0, 0.05) is 35.9 Å². The summed E-state index contributed by atoms with van der Waals surface area (Å²) in [6.45, 7) is 3.48. The number of amides is 1. The summed E-state index contributed by atoms with van der Waals surface area (Å²) in [4.78, 5) is 14.7. The second-order valence-corrected chi connectivity index (χ2v) is 5.96. The second-order valence-electron chi connectivity index (χ2n) is 3.67. The smallest absolute Gasteiger partial charge is 0.219 e. The molecule has 1 aromatic heterocycles. The molecule has 2 nitrogen and oxygen atoms in total. The maximum Gasteiger partial charge on any atom is 0.219 e. The van der Waals surface area contributed by atoms with Gasteiger partial charge in [0.05, 0.1) is 0 Å². The average Bonchev–Trinajstić information content (AvgIpc) is 2.62. The zero-order valence-corrected chi connectivity index (χ0v) is 10.4. The van der Waals surface area contributed by atoms with Crippen molar-refractivity contribution in [2.75, 3.05) is 18.8 Å². The predicted molar refractivity (Wildman–Crippen MR) is 66.4 cm³/mol. The molecular weight excluding hydrogens is 226 g/mol.